The quantitative estimate of drug-likeness (QED) is 0.508. The van der Waals surface area contributed by atoms with Gasteiger partial charge < -0.3 is 9.84 Å². The van der Waals surface area contributed by atoms with Crippen molar-refractivity contribution >= 4 is 0 Å². The highest BCUT2D eigenvalue weighted by atomic mass is 16.5. The second kappa shape index (κ2) is 7.08. The molecule has 2 nitrogen and oxygen atoms in total. The summed E-state index contributed by atoms with van der Waals surface area (Å²) in [4.78, 5) is 0. The fourth-order valence-electron chi connectivity index (χ4n) is 1.62. The lowest BCUT2D eigenvalue weighted by molar-refractivity contribution is 0.132. The first-order valence-corrected chi connectivity index (χ1v) is 6.16. The Hall–Kier alpha value is -0.340. The maximum Gasteiger partial charge on any atom is 0.0771 e. The number of allylic oxidation sites excluding steroid dienone is 1. The Balaban J connectivity index is 3.82. The molecular weight excluding hydrogens is 200 g/mol. The van der Waals surface area contributed by atoms with Crippen LogP contribution in [0.15, 0.2) is 12.2 Å². The van der Waals surface area contributed by atoms with Crippen LogP contribution in [0.5, 0.6) is 0 Å². The zero-order valence-electron chi connectivity index (χ0n) is 11.5. The molecule has 0 amide bonds. The second-order valence-corrected chi connectivity index (χ2v) is 5.87. The minimum Gasteiger partial charge on any atom is -0.386 e. The van der Waals surface area contributed by atoms with Crippen LogP contribution in [0.2, 0.25) is 0 Å². The first-order chi connectivity index (χ1) is 7.27. The van der Waals surface area contributed by atoms with Crippen LogP contribution in [0.25, 0.3) is 0 Å². The first kappa shape index (κ1) is 15.7. The Kier molecular flexibility index (Phi) is 6.93. The molecule has 0 saturated heterocycles. The standard InChI is InChI=1S/C14H28O2/c1-13(2,9-6-7-12-16-5)10-8-11-14(3,4)15/h8,11,15H,6-7,9-10,12H2,1-5H3/b11-8+. The van der Waals surface area contributed by atoms with Crippen LogP contribution in [0.4, 0.5) is 0 Å². The average molecular weight is 228 g/mol. The van der Waals surface area contributed by atoms with Gasteiger partial charge in [-0.1, -0.05) is 32.4 Å². The van der Waals surface area contributed by atoms with Gasteiger partial charge >= 0.3 is 0 Å². The zero-order chi connectivity index (χ0) is 12.7. The summed E-state index contributed by atoms with van der Waals surface area (Å²) in [6, 6.07) is 0. The van der Waals surface area contributed by atoms with E-state index in [1.807, 2.05) is 6.08 Å². The monoisotopic (exact) mass is 228 g/mol. The summed E-state index contributed by atoms with van der Waals surface area (Å²) in [7, 11) is 1.75. The van der Waals surface area contributed by atoms with Crippen LogP contribution in [0.1, 0.15) is 53.4 Å². The predicted octanol–water partition coefficient (Wildman–Crippen LogP) is 3.55. The SMILES string of the molecule is COCCCCC(C)(C)C/C=C/C(C)(C)O. The van der Waals surface area contributed by atoms with Crippen molar-refractivity contribution in [3.63, 3.8) is 0 Å². The Bertz CT molecular complexity index is 199. The molecule has 96 valence electrons. The fourth-order valence-corrected chi connectivity index (χ4v) is 1.62. The number of hydrogen-bond donors (Lipinski definition) is 1. The van der Waals surface area contributed by atoms with Crippen LogP contribution in [0.3, 0.4) is 0 Å². The molecule has 0 aliphatic rings. The maximum atomic E-state index is 9.56. The number of ether oxygens (including phenoxy) is 1. The minimum absolute atomic E-state index is 0.315. The van der Waals surface area contributed by atoms with Crippen LogP contribution >= 0.6 is 0 Å². The van der Waals surface area contributed by atoms with E-state index in [0.717, 1.165) is 19.4 Å². The summed E-state index contributed by atoms with van der Waals surface area (Å²) in [5.74, 6) is 0. The van der Waals surface area contributed by atoms with Crippen molar-refractivity contribution in [1.29, 1.82) is 0 Å². The normalized spacial score (nSPS) is 13.6. The molecule has 0 bridgehead atoms. The minimum atomic E-state index is -0.688. The smallest absolute Gasteiger partial charge is 0.0771 e. The second-order valence-electron chi connectivity index (χ2n) is 5.87. The van der Waals surface area contributed by atoms with Gasteiger partial charge in [-0.05, 0) is 38.5 Å². The summed E-state index contributed by atoms with van der Waals surface area (Å²) in [5, 5.41) is 9.56. The van der Waals surface area contributed by atoms with Gasteiger partial charge in [-0.15, -0.1) is 0 Å². The zero-order valence-corrected chi connectivity index (χ0v) is 11.5. The lowest BCUT2D eigenvalue weighted by Gasteiger charge is -2.23. The molecule has 0 aromatic carbocycles. The number of methoxy groups -OCH3 is 1. The molecule has 0 spiro atoms. The molecule has 0 rings (SSSR count). The Morgan fingerprint density at radius 2 is 1.75 bits per heavy atom. The molecule has 0 aromatic rings. The molecule has 0 aromatic heterocycles. The summed E-state index contributed by atoms with van der Waals surface area (Å²) in [6.45, 7) is 9.00. The number of hydrogen-bond acceptors (Lipinski definition) is 2. The van der Waals surface area contributed by atoms with Gasteiger partial charge in [0.15, 0.2) is 0 Å². The Morgan fingerprint density at radius 3 is 2.25 bits per heavy atom. The molecule has 0 fully saturated rings. The van der Waals surface area contributed by atoms with Crippen molar-refractivity contribution in [3.05, 3.63) is 12.2 Å². The Morgan fingerprint density at radius 1 is 1.12 bits per heavy atom. The van der Waals surface area contributed by atoms with Gasteiger partial charge in [0.25, 0.3) is 0 Å². The van der Waals surface area contributed by atoms with Gasteiger partial charge in [0.1, 0.15) is 0 Å². The van der Waals surface area contributed by atoms with E-state index in [1.165, 1.54) is 12.8 Å². The molecule has 0 radical (unpaired) electrons. The first-order valence-electron chi connectivity index (χ1n) is 6.16. The van der Waals surface area contributed by atoms with E-state index in [4.69, 9.17) is 4.74 Å². The van der Waals surface area contributed by atoms with Crippen LogP contribution in [0, 0.1) is 5.41 Å². The molecule has 16 heavy (non-hydrogen) atoms. The number of unbranched alkanes of at least 4 members (excludes halogenated alkanes) is 1. The molecular formula is C14H28O2. The largest absolute Gasteiger partial charge is 0.386 e. The molecule has 0 aliphatic heterocycles. The van der Waals surface area contributed by atoms with Gasteiger partial charge in [0.2, 0.25) is 0 Å². The molecule has 0 unspecified atom stereocenters. The highest BCUT2D eigenvalue weighted by Crippen LogP contribution is 2.28. The van der Waals surface area contributed by atoms with E-state index in [1.54, 1.807) is 21.0 Å². The van der Waals surface area contributed by atoms with Crippen molar-refractivity contribution in [2.75, 3.05) is 13.7 Å². The summed E-state index contributed by atoms with van der Waals surface area (Å²) < 4.78 is 5.04. The number of aliphatic hydroxyl groups is 1. The van der Waals surface area contributed by atoms with Crippen molar-refractivity contribution in [1.82, 2.24) is 0 Å². The molecule has 0 saturated carbocycles. The van der Waals surface area contributed by atoms with E-state index in [2.05, 4.69) is 19.9 Å². The fraction of sp³-hybridized carbons (Fsp3) is 0.857. The van der Waals surface area contributed by atoms with Gasteiger partial charge in [-0.2, -0.15) is 0 Å². The van der Waals surface area contributed by atoms with Gasteiger partial charge in [0.05, 0.1) is 5.60 Å². The average Bonchev–Trinajstić information content (AvgIpc) is 2.10. The third-order valence-electron chi connectivity index (χ3n) is 2.65. The van der Waals surface area contributed by atoms with E-state index in [0.29, 0.717) is 5.41 Å². The number of rotatable bonds is 8. The highest BCUT2D eigenvalue weighted by molar-refractivity contribution is 4.97. The Labute approximate surface area is 101 Å². The third kappa shape index (κ3) is 10.2. The van der Waals surface area contributed by atoms with E-state index < -0.39 is 5.60 Å². The van der Waals surface area contributed by atoms with E-state index in [9.17, 15) is 5.11 Å². The van der Waals surface area contributed by atoms with Crippen LogP contribution in [-0.4, -0.2) is 24.4 Å². The van der Waals surface area contributed by atoms with Crippen LogP contribution in [-0.2, 0) is 4.74 Å². The van der Waals surface area contributed by atoms with E-state index >= 15 is 0 Å². The summed E-state index contributed by atoms with van der Waals surface area (Å²) in [5.41, 5.74) is -0.373. The summed E-state index contributed by atoms with van der Waals surface area (Å²) >= 11 is 0. The van der Waals surface area contributed by atoms with Crippen molar-refractivity contribution in [2.45, 2.75) is 59.0 Å². The maximum absolute atomic E-state index is 9.56. The predicted molar refractivity (Wildman–Crippen MR) is 69.6 cm³/mol. The van der Waals surface area contributed by atoms with Gasteiger partial charge in [0, 0.05) is 13.7 Å². The molecule has 0 heterocycles. The molecule has 2 heteroatoms. The molecule has 1 N–H and O–H groups in total. The van der Waals surface area contributed by atoms with Gasteiger partial charge in [-0.25, -0.2) is 0 Å². The lowest BCUT2D eigenvalue weighted by atomic mass is 9.83. The van der Waals surface area contributed by atoms with Gasteiger partial charge in [-0.3, -0.25) is 0 Å². The summed E-state index contributed by atoms with van der Waals surface area (Å²) in [6.07, 6.45) is 8.53. The topological polar surface area (TPSA) is 29.5 Å². The van der Waals surface area contributed by atoms with Crippen molar-refractivity contribution in [3.8, 4) is 0 Å². The lowest BCUT2D eigenvalue weighted by Crippen LogP contribution is -2.15. The van der Waals surface area contributed by atoms with Crippen LogP contribution < -0.4 is 0 Å². The third-order valence-corrected chi connectivity index (χ3v) is 2.65. The molecule has 0 aliphatic carbocycles. The molecule has 0 atom stereocenters. The van der Waals surface area contributed by atoms with Crippen molar-refractivity contribution < 1.29 is 9.84 Å². The van der Waals surface area contributed by atoms with Crippen molar-refractivity contribution in [2.24, 2.45) is 5.41 Å². The highest BCUT2D eigenvalue weighted by Gasteiger charge is 2.16. The van der Waals surface area contributed by atoms with E-state index in [-0.39, 0.29) is 0 Å².